The van der Waals surface area contributed by atoms with Crippen LogP contribution in [0.5, 0.6) is 0 Å². The highest BCUT2D eigenvalue weighted by atomic mass is 32.2. The summed E-state index contributed by atoms with van der Waals surface area (Å²) >= 11 is 1.35. The molecule has 2 rings (SSSR count). The van der Waals surface area contributed by atoms with Gasteiger partial charge in [-0.15, -0.1) is 0 Å². The molecular formula is C15H15N3O2S. The van der Waals surface area contributed by atoms with E-state index in [0.29, 0.717) is 16.4 Å². The molecule has 0 aromatic carbocycles. The minimum Gasteiger partial charge on any atom is -0.410 e. The van der Waals surface area contributed by atoms with Crippen molar-refractivity contribution < 1.29 is 10.0 Å². The molecule has 1 N–H and O–H groups in total. The number of ketones is 1. The molecule has 5 nitrogen and oxygen atoms in total. The summed E-state index contributed by atoms with van der Waals surface area (Å²) < 4.78 is 0. The van der Waals surface area contributed by atoms with Gasteiger partial charge in [0.05, 0.1) is 0 Å². The molecule has 0 saturated heterocycles. The Morgan fingerprint density at radius 3 is 2.95 bits per heavy atom. The van der Waals surface area contributed by atoms with Crippen LogP contribution in [0.15, 0.2) is 58.5 Å². The van der Waals surface area contributed by atoms with E-state index in [-0.39, 0.29) is 17.4 Å². The summed E-state index contributed by atoms with van der Waals surface area (Å²) in [5.41, 5.74) is 0.664. The molecule has 0 saturated carbocycles. The number of carbonyl (C=O) groups is 1. The van der Waals surface area contributed by atoms with Gasteiger partial charge in [-0.3, -0.25) is 4.79 Å². The lowest BCUT2D eigenvalue weighted by Crippen LogP contribution is -2.19. The zero-order chi connectivity index (χ0) is 15.2. The van der Waals surface area contributed by atoms with Gasteiger partial charge in [-0.2, -0.15) is 0 Å². The third-order valence-electron chi connectivity index (χ3n) is 2.91. The van der Waals surface area contributed by atoms with Gasteiger partial charge in [-0.1, -0.05) is 54.2 Å². The second-order valence-corrected chi connectivity index (χ2v) is 5.20. The van der Waals surface area contributed by atoms with Gasteiger partial charge in [0.2, 0.25) is 5.78 Å². The maximum atomic E-state index is 12.5. The molecule has 0 amide bonds. The first-order valence-corrected chi connectivity index (χ1v) is 7.59. The van der Waals surface area contributed by atoms with E-state index in [9.17, 15) is 10.0 Å². The van der Waals surface area contributed by atoms with Crippen LogP contribution in [0.25, 0.3) is 0 Å². The van der Waals surface area contributed by atoms with Gasteiger partial charge in [0.15, 0.2) is 10.9 Å². The van der Waals surface area contributed by atoms with E-state index in [1.165, 1.54) is 18.0 Å². The lowest BCUT2D eigenvalue weighted by Gasteiger charge is -2.04. The predicted molar refractivity (Wildman–Crippen MR) is 82.7 cm³/mol. The summed E-state index contributed by atoms with van der Waals surface area (Å²) in [7, 11) is 0. The van der Waals surface area contributed by atoms with Gasteiger partial charge >= 0.3 is 0 Å². The van der Waals surface area contributed by atoms with Crippen LogP contribution in [-0.4, -0.2) is 32.9 Å². The second kappa shape index (κ2) is 6.99. The second-order valence-electron chi connectivity index (χ2n) is 4.43. The monoisotopic (exact) mass is 301 g/mol. The highest BCUT2D eigenvalue weighted by Gasteiger charge is 2.20. The largest absolute Gasteiger partial charge is 0.410 e. The number of carbonyl (C=O) groups excluding carboxylic acids is 1. The number of hydrogen-bond acceptors (Lipinski definition) is 6. The molecule has 1 aromatic heterocycles. The third kappa shape index (κ3) is 3.66. The molecule has 0 aliphatic heterocycles. The molecule has 21 heavy (non-hydrogen) atoms. The number of oxime groups is 1. The summed E-state index contributed by atoms with van der Waals surface area (Å²) in [6, 6.07) is 1.55. The van der Waals surface area contributed by atoms with Crippen molar-refractivity contribution in [2.75, 3.05) is 6.26 Å². The van der Waals surface area contributed by atoms with Crippen molar-refractivity contribution in [1.82, 2.24) is 9.97 Å². The van der Waals surface area contributed by atoms with Crippen LogP contribution >= 0.6 is 11.8 Å². The van der Waals surface area contributed by atoms with Gasteiger partial charge in [0.1, 0.15) is 5.69 Å². The quantitative estimate of drug-likeness (QED) is 0.304. The molecule has 0 fully saturated rings. The number of Topliss-reactive ketones (excluding diaryl/α,β-unsaturated/α-hetero) is 1. The van der Waals surface area contributed by atoms with E-state index in [2.05, 4.69) is 15.1 Å². The Bertz CT molecular complexity index is 663. The molecule has 1 aromatic rings. The van der Waals surface area contributed by atoms with Crippen molar-refractivity contribution in [2.45, 2.75) is 12.1 Å². The third-order valence-corrected chi connectivity index (χ3v) is 3.47. The zero-order valence-corrected chi connectivity index (χ0v) is 12.5. The first kappa shape index (κ1) is 15.2. The van der Waals surface area contributed by atoms with Crippen molar-refractivity contribution in [3.63, 3.8) is 0 Å². The maximum absolute atomic E-state index is 12.5. The van der Waals surface area contributed by atoms with Crippen LogP contribution < -0.4 is 0 Å². The van der Waals surface area contributed by atoms with E-state index in [4.69, 9.17) is 0 Å². The van der Waals surface area contributed by atoms with Crippen molar-refractivity contribution in [3.05, 3.63) is 53.9 Å². The summed E-state index contributed by atoms with van der Waals surface area (Å²) in [5.74, 6) is -0.124. The average Bonchev–Trinajstić information content (AvgIpc) is 2.73. The number of aromatic nitrogens is 2. The van der Waals surface area contributed by atoms with E-state index in [0.717, 1.165) is 0 Å². The number of hydrogen-bond donors (Lipinski definition) is 1. The molecule has 108 valence electrons. The smallest absolute Gasteiger partial charge is 0.216 e. The fourth-order valence-electron chi connectivity index (χ4n) is 1.78. The Morgan fingerprint density at radius 1 is 1.43 bits per heavy atom. The summed E-state index contributed by atoms with van der Waals surface area (Å²) in [4.78, 5) is 20.7. The molecule has 1 aliphatic rings. The van der Waals surface area contributed by atoms with Crippen LogP contribution in [0.2, 0.25) is 0 Å². The Labute approximate surface area is 127 Å². The fourth-order valence-corrected chi connectivity index (χ4v) is 2.14. The molecule has 1 unspecified atom stereocenters. The van der Waals surface area contributed by atoms with E-state index in [1.807, 2.05) is 31.4 Å². The number of allylic oxidation sites excluding steroid dienone is 6. The summed E-state index contributed by atoms with van der Waals surface area (Å²) in [6.07, 6.45) is 12.5. The predicted octanol–water partition coefficient (Wildman–Crippen LogP) is 2.63. The van der Waals surface area contributed by atoms with Gasteiger partial charge in [0, 0.05) is 11.8 Å². The first-order chi connectivity index (χ1) is 10.2. The Hall–Kier alpha value is -2.21. The van der Waals surface area contributed by atoms with Crippen molar-refractivity contribution in [1.29, 1.82) is 0 Å². The molecule has 1 atom stereocenters. The van der Waals surface area contributed by atoms with E-state index < -0.39 is 0 Å². The average molecular weight is 301 g/mol. The molecule has 1 heterocycles. The van der Waals surface area contributed by atoms with Crippen molar-refractivity contribution >= 4 is 23.3 Å². The topological polar surface area (TPSA) is 75.4 Å². The molecule has 0 radical (unpaired) electrons. The Balaban J connectivity index is 2.33. The van der Waals surface area contributed by atoms with Crippen LogP contribution in [-0.2, 0) is 4.79 Å². The molecular weight excluding hydrogens is 286 g/mol. The van der Waals surface area contributed by atoms with Crippen molar-refractivity contribution in [2.24, 2.45) is 11.1 Å². The Kier molecular flexibility index (Phi) is 5.05. The number of thioether (sulfide) groups is 1. The molecule has 0 spiro atoms. The molecule has 0 bridgehead atoms. The highest BCUT2D eigenvalue weighted by Crippen LogP contribution is 2.14. The van der Waals surface area contributed by atoms with Crippen LogP contribution in [0, 0.1) is 5.92 Å². The van der Waals surface area contributed by atoms with E-state index in [1.54, 1.807) is 18.2 Å². The Morgan fingerprint density at radius 2 is 2.24 bits per heavy atom. The van der Waals surface area contributed by atoms with Crippen LogP contribution in [0.4, 0.5) is 0 Å². The first-order valence-electron chi connectivity index (χ1n) is 6.36. The van der Waals surface area contributed by atoms with E-state index >= 15 is 0 Å². The SMILES string of the molecule is CSc1nccc(/C(=N\O)C(=O)C2=CC=CC(C)C=C2)n1. The summed E-state index contributed by atoms with van der Waals surface area (Å²) in [5, 5.41) is 12.8. The van der Waals surface area contributed by atoms with Crippen LogP contribution in [0.1, 0.15) is 12.6 Å². The summed E-state index contributed by atoms with van der Waals surface area (Å²) in [6.45, 7) is 2.02. The number of rotatable bonds is 4. The minimum atomic E-state index is -0.377. The fraction of sp³-hybridized carbons (Fsp3) is 0.200. The highest BCUT2D eigenvalue weighted by molar-refractivity contribution is 7.98. The normalized spacial score (nSPS) is 18.3. The lowest BCUT2D eigenvalue weighted by molar-refractivity contribution is -0.109. The van der Waals surface area contributed by atoms with Gasteiger partial charge in [-0.25, -0.2) is 9.97 Å². The molecule has 1 aliphatic carbocycles. The van der Waals surface area contributed by atoms with Gasteiger partial charge in [0.25, 0.3) is 0 Å². The standard InChI is InChI=1S/C15H15N3O2S/c1-10-4-3-5-11(7-6-10)14(19)13(18-20)12-8-9-16-15(17-12)21-2/h3-10,20H,1-2H3/b18-13+. The van der Waals surface area contributed by atoms with Gasteiger partial charge < -0.3 is 5.21 Å². The zero-order valence-electron chi connectivity index (χ0n) is 11.7. The minimum absolute atomic E-state index is 0.0912. The number of nitrogens with zero attached hydrogens (tertiary/aromatic N) is 3. The van der Waals surface area contributed by atoms with Gasteiger partial charge in [-0.05, 0) is 18.2 Å². The molecule has 6 heteroatoms. The maximum Gasteiger partial charge on any atom is 0.216 e. The van der Waals surface area contributed by atoms with Crippen molar-refractivity contribution in [3.8, 4) is 0 Å². The van der Waals surface area contributed by atoms with Crippen LogP contribution in [0.3, 0.4) is 0 Å². The lowest BCUT2D eigenvalue weighted by atomic mass is 10.0.